The van der Waals surface area contributed by atoms with Gasteiger partial charge in [-0.05, 0) is 31.6 Å². The van der Waals surface area contributed by atoms with Gasteiger partial charge in [0.1, 0.15) is 0 Å². The van der Waals surface area contributed by atoms with Crippen molar-refractivity contribution in [3.8, 4) is 6.07 Å². The zero-order chi connectivity index (χ0) is 12.3. The van der Waals surface area contributed by atoms with Crippen LogP contribution in [0, 0.1) is 17.2 Å². The predicted molar refractivity (Wildman–Crippen MR) is 65.3 cm³/mol. The Balaban J connectivity index is 1.93. The Morgan fingerprint density at radius 3 is 2.82 bits per heavy atom. The van der Waals surface area contributed by atoms with E-state index in [1.165, 1.54) is 6.42 Å². The normalized spacial score (nSPS) is 24.2. The van der Waals surface area contributed by atoms with E-state index in [1.807, 2.05) is 9.80 Å². The summed E-state index contributed by atoms with van der Waals surface area (Å²) in [5.41, 5.74) is 0. The minimum atomic E-state index is 0.161. The van der Waals surface area contributed by atoms with Crippen LogP contribution in [0.2, 0.25) is 0 Å². The van der Waals surface area contributed by atoms with Crippen LogP contribution in [0.1, 0.15) is 39.0 Å². The number of amides is 2. The third-order valence-electron chi connectivity index (χ3n) is 3.63. The van der Waals surface area contributed by atoms with Gasteiger partial charge in [-0.1, -0.05) is 6.92 Å². The second-order valence-corrected chi connectivity index (χ2v) is 5.31. The second kappa shape index (κ2) is 5.39. The number of carbonyl (C=O) groups is 1. The second-order valence-electron chi connectivity index (χ2n) is 5.31. The molecule has 1 saturated heterocycles. The van der Waals surface area contributed by atoms with E-state index < -0.39 is 0 Å². The van der Waals surface area contributed by atoms with E-state index in [4.69, 9.17) is 5.26 Å². The molecule has 4 heteroatoms. The van der Waals surface area contributed by atoms with Crippen LogP contribution < -0.4 is 0 Å². The molecular weight excluding hydrogens is 214 g/mol. The van der Waals surface area contributed by atoms with E-state index in [0.29, 0.717) is 24.9 Å². The van der Waals surface area contributed by atoms with Crippen LogP contribution in [0.4, 0.5) is 4.79 Å². The van der Waals surface area contributed by atoms with E-state index >= 15 is 0 Å². The van der Waals surface area contributed by atoms with Gasteiger partial charge in [-0.3, -0.25) is 0 Å². The van der Waals surface area contributed by atoms with Crippen LogP contribution in [-0.4, -0.2) is 41.5 Å². The molecule has 94 valence electrons. The summed E-state index contributed by atoms with van der Waals surface area (Å²) in [6.07, 6.45) is 5.02. The van der Waals surface area contributed by atoms with Gasteiger partial charge in [-0.2, -0.15) is 5.26 Å². The number of likely N-dealkylation sites (tertiary alicyclic amines) is 1. The molecule has 4 nitrogen and oxygen atoms in total. The van der Waals surface area contributed by atoms with Crippen LogP contribution in [0.5, 0.6) is 0 Å². The van der Waals surface area contributed by atoms with Crippen LogP contribution in [0.3, 0.4) is 0 Å². The highest BCUT2D eigenvalue weighted by molar-refractivity contribution is 5.75. The molecule has 2 aliphatic rings. The predicted octanol–water partition coefficient (Wildman–Crippen LogP) is 2.22. The van der Waals surface area contributed by atoms with Gasteiger partial charge in [0, 0.05) is 25.7 Å². The van der Waals surface area contributed by atoms with E-state index in [2.05, 4.69) is 13.0 Å². The van der Waals surface area contributed by atoms with Crippen LogP contribution in [-0.2, 0) is 0 Å². The number of hydrogen-bond donors (Lipinski definition) is 0. The molecule has 1 aliphatic heterocycles. The third kappa shape index (κ3) is 3.12. The highest BCUT2D eigenvalue weighted by atomic mass is 16.2. The smallest absolute Gasteiger partial charge is 0.320 e. The fourth-order valence-corrected chi connectivity index (χ4v) is 2.54. The molecule has 1 aliphatic carbocycles. The van der Waals surface area contributed by atoms with Crippen LogP contribution in [0.15, 0.2) is 0 Å². The monoisotopic (exact) mass is 235 g/mol. The van der Waals surface area contributed by atoms with Gasteiger partial charge in [-0.25, -0.2) is 4.79 Å². The van der Waals surface area contributed by atoms with Crippen molar-refractivity contribution in [3.05, 3.63) is 0 Å². The van der Waals surface area contributed by atoms with Gasteiger partial charge in [0.25, 0.3) is 0 Å². The van der Waals surface area contributed by atoms with E-state index in [9.17, 15) is 4.79 Å². The van der Waals surface area contributed by atoms with E-state index in [0.717, 1.165) is 32.4 Å². The molecule has 1 atom stereocenters. The Hall–Kier alpha value is -1.24. The molecule has 2 amide bonds. The van der Waals surface area contributed by atoms with Crippen molar-refractivity contribution >= 4 is 6.03 Å². The number of carbonyl (C=O) groups excluding carboxylic acids is 1. The average molecular weight is 235 g/mol. The zero-order valence-electron chi connectivity index (χ0n) is 10.6. The van der Waals surface area contributed by atoms with Gasteiger partial charge >= 0.3 is 6.03 Å². The molecule has 2 fully saturated rings. The highest BCUT2D eigenvalue weighted by Gasteiger charge is 2.35. The summed E-state index contributed by atoms with van der Waals surface area (Å²) in [6, 6.07) is 2.71. The molecule has 2 rings (SSSR count). The summed E-state index contributed by atoms with van der Waals surface area (Å²) in [7, 11) is 0. The van der Waals surface area contributed by atoms with Gasteiger partial charge in [0.05, 0.1) is 12.5 Å². The first kappa shape index (κ1) is 12.2. The maximum atomic E-state index is 12.4. The summed E-state index contributed by atoms with van der Waals surface area (Å²) in [5.74, 6) is 0.615. The van der Waals surface area contributed by atoms with Crippen molar-refractivity contribution in [2.75, 3.05) is 19.6 Å². The maximum absolute atomic E-state index is 12.4. The van der Waals surface area contributed by atoms with E-state index in [-0.39, 0.29) is 6.03 Å². The minimum absolute atomic E-state index is 0.161. The number of rotatable bonds is 3. The molecule has 1 saturated carbocycles. The Morgan fingerprint density at radius 2 is 2.24 bits per heavy atom. The molecule has 0 radical (unpaired) electrons. The lowest BCUT2D eigenvalue weighted by atomic mass is 10.0. The number of nitrogens with zero attached hydrogens (tertiary/aromatic N) is 3. The lowest BCUT2D eigenvalue weighted by Gasteiger charge is -2.35. The first-order valence-corrected chi connectivity index (χ1v) is 6.65. The van der Waals surface area contributed by atoms with Crippen molar-refractivity contribution in [1.29, 1.82) is 5.26 Å². The van der Waals surface area contributed by atoms with Gasteiger partial charge in [-0.15, -0.1) is 0 Å². The molecule has 0 aromatic rings. The molecule has 0 aromatic carbocycles. The Morgan fingerprint density at radius 1 is 1.47 bits per heavy atom. The number of urea groups is 1. The first-order valence-electron chi connectivity index (χ1n) is 6.65. The SMILES string of the molecule is CC1CCCN(C(=O)N(CCC#N)C2CC2)C1. The first-order chi connectivity index (χ1) is 8.22. The van der Waals surface area contributed by atoms with Crippen molar-refractivity contribution in [2.24, 2.45) is 5.92 Å². The molecule has 0 N–H and O–H groups in total. The third-order valence-corrected chi connectivity index (χ3v) is 3.63. The average Bonchev–Trinajstić information content (AvgIpc) is 3.14. The Bertz CT molecular complexity index is 319. The molecular formula is C13H21N3O. The molecule has 0 spiro atoms. The van der Waals surface area contributed by atoms with Crippen molar-refractivity contribution in [1.82, 2.24) is 9.80 Å². The Kier molecular flexibility index (Phi) is 3.88. The van der Waals surface area contributed by atoms with Crippen molar-refractivity contribution in [2.45, 2.75) is 45.1 Å². The number of piperidine rings is 1. The molecule has 1 unspecified atom stereocenters. The molecule has 17 heavy (non-hydrogen) atoms. The molecule has 1 heterocycles. The Labute approximate surface area is 103 Å². The van der Waals surface area contributed by atoms with E-state index in [1.54, 1.807) is 0 Å². The van der Waals surface area contributed by atoms with Gasteiger partial charge < -0.3 is 9.80 Å². The summed E-state index contributed by atoms with van der Waals surface area (Å²) >= 11 is 0. The fourth-order valence-electron chi connectivity index (χ4n) is 2.54. The zero-order valence-corrected chi connectivity index (χ0v) is 10.6. The maximum Gasteiger partial charge on any atom is 0.320 e. The summed E-state index contributed by atoms with van der Waals surface area (Å²) < 4.78 is 0. The lowest BCUT2D eigenvalue weighted by molar-refractivity contribution is 0.129. The molecule has 0 aromatic heterocycles. The van der Waals surface area contributed by atoms with Crippen molar-refractivity contribution in [3.63, 3.8) is 0 Å². The van der Waals surface area contributed by atoms with Gasteiger partial charge in [0.15, 0.2) is 0 Å². The van der Waals surface area contributed by atoms with Crippen molar-refractivity contribution < 1.29 is 4.79 Å². The fraction of sp³-hybridized carbons (Fsp3) is 0.846. The quantitative estimate of drug-likeness (QED) is 0.753. The summed E-state index contributed by atoms with van der Waals surface area (Å²) in [5, 5.41) is 8.65. The highest BCUT2D eigenvalue weighted by Crippen LogP contribution is 2.29. The minimum Gasteiger partial charge on any atom is -0.324 e. The van der Waals surface area contributed by atoms with Crippen LogP contribution >= 0.6 is 0 Å². The number of hydrogen-bond acceptors (Lipinski definition) is 2. The lowest BCUT2D eigenvalue weighted by Crippen LogP contribution is -2.48. The summed E-state index contributed by atoms with van der Waals surface area (Å²) in [6.45, 7) is 4.58. The molecule has 0 bridgehead atoms. The number of nitriles is 1. The van der Waals surface area contributed by atoms with Gasteiger partial charge in [0.2, 0.25) is 0 Å². The standard InChI is InChI=1S/C13H21N3O/c1-11-4-2-8-15(10-11)13(17)16(9-3-7-14)12-5-6-12/h11-12H,2-6,8-10H2,1H3. The van der Waals surface area contributed by atoms with Crippen LogP contribution in [0.25, 0.3) is 0 Å². The summed E-state index contributed by atoms with van der Waals surface area (Å²) in [4.78, 5) is 16.3. The topological polar surface area (TPSA) is 47.3 Å². The largest absolute Gasteiger partial charge is 0.324 e.